The Balaban J connectivity index is 1.92. The molecule has 1 amide bonds. The van der Waals surface area contributed by atoms with Gasteiger partial charge in [0.05, 0.1) is 12.0 Å². The van der Waals surface area contributed by atoms with Gasteiger partial charge < -0.3 is 15.5 Å². The smallest absolute Gasteiger partial charge is 0.224 e. The molecular formula is C13H13BrN2O2. The van der Waals surface area contributed by atoms with Gasteiger partial charge in [0.2, 0.25) is 5.91 Å². The number of furan rings is 1. The summed E-state index contributed by atoms with van der Waals surface area (Å²) in [7, 11) is 0. The van der Waals surface area contributed by atoms with Crippen LogP contribution in [0, 0.1) is 0 Å². The lowest BCUT2D eigenvalue weighted by atomic mass is 10.2. The van der Waals surface area contributed by atoms with E-state index in [1.54, 1.807) is 24.5 Å². The van der Waals surface area contributed by atoms with Gasteiger partial charge in [0.25, 0.3) is 0 Å². The lowest BCUT2D eigenvalue weighted by Crippen LogP contribution is -2.12. The van der Waals surface area contributed by atoms with Gasteiger partial charge in [0.1, 0.15) is 5.76 Å². The van der Waals surface area contributed by atoms with Crippen molar-refractivity contribution in [2.45, 2.75) is 12.8 Å². The number of benzene rings is 1. The molecule has 0 atom stereocenters. The molecule has 94 valence electrons. The molecule has 0 aliphatic carbocycles. The molecule has 2 rings (SSSR count). The molecule has 4 nitrogen and oxygen atoms in total. The van der Waals surface area contributed by atoms with E-state index in [0.29, 0.717) is 24.2 Å². The number of carbonyl (C=O) groups is 1. The average molecular weight is 309 g/mol. The molecule has 0 aliphatic heterocycles. The van der Waals surface area contributed by atoms with Gasteiger partial charge in [-0.05, 0) is 46.3 Å². The van der Waals surface area contributed by atoms with Crippen LogP contribution in [0.15, 0.2) is 45.5 Å². The molecule has 0 fully saturated rings. The van der Waals surface area contributed by atoms with Crippen molar-refractivity contribution in [1.29, 1.82) is 0 Å². The molecule has 1 aromatic heterocycles. The zero-order valence-corrected chi connectivity index (χ0v) is 11.2. The molecular weight excluding hydrogens is 296 g/mol. The number of hydrogen-bond donors (Lipinski definition) is 2. The van der Waals surface area contributed by atoms with Crippen LogP contribution in [0.5, 0.6) is 0 Å². The summed E-state index contributed by atoms with van der Waals surface area (Å²) < 4.78 is 5.98. The highest BCUT2D eigenvalue weighted by Gasteiger charge is 2.07. The van der Waals surface area contributed by atoms with Crippen molar-refractivity contribution < 1.29 is 9.21 Å². The zero-order chi connectivity index (χ0) is 13.0. The quantitative estimate of drug-likeness (QED) is 0.852. The first-order valence-corrected chi connectivity index (χ1v) is 6.32. The highest BCUT2D eigenvalue weighted by Crippen LogP contribution is 2.24. The number of halogens is 1. The fourth-order valence-corrected chi connectivity index (χ4v) is 1.89. The first-order chi connectivity index (χ1) is 8.65. The monoisotopic (exact) mass is 308 g/mol. The molecule has 1 heterocycles. The predicted octanol–water partition coefficient (Wildman–Crippen LogP) is 3.20. The third kappa shape index (κ3) is 3.37. The maximum Gasteiger partial charge on any atom is 0.224 e. The van der Waals surface area contributed by atoms with E-state index in [4.69, 9.17) is 10.2 Å². The van der Waals surface area contributed by atoms with Gasteiger partial charge >= 0.3 is 0 Å². The minimum absolute atomic E-state index is 0.0716. The normalized spacial score (nSPS) is 10.3. The fraction of sp³-hybridized carbons (Fsp3) is 0.154. The minimum atomic E-state index is -0.0716. The average Bonchev–Trinajstić information content (AvgIpc) is 2.84. The first kappa shape index (κ1) is 12.7. The van der Waals surface area contributed by atoms with Crippen LogP contribution < -0.4 is 11.1 Å². The lowest BCUT2D eigenvalue weighted by molar-refractivity contribution is -0.116. The third-order valence-electron chi connectivity index (χ3n) is 2.44. The standard InChI is InChI=1S/C13H13BrN2O2/c14-11-5-3-9(15)8-12(11)16-13(17)6-4-10-2-1-7-18-10/h1-3,5,7-8H,4,6,15H2,(H,16,17). The minimum Gasteiger partial charge on any atom is -0.469 e. The second-order valence-electron chi connectivity index (χ2n) is 3.87. The van der Waals surface area contributed by atoms with Crippen molar-refractivity contribution in [1.82, 2.24) is 0 Å². The Kier molecular flexibility index (Phi) is 4.04. The van der Waals surface area contributed by atoms with E-state index < -0.39 is 0 Å². The molecule has 0 radical (unpaired) electrons. The van der Waals surface area contributed by atoms with Crippen LogP contribution in [0.2, 0.25) is 0 Å². The van der Waals surface area contributed by atoms with Gasteiger partial charge in [-0.3, -0.25) is 4.79 Å². The van der Waals surface area contributed by atoms with E-state index in [1.807, 2.05) is 12.1 Å². The Morgan fingerprint density at radius 1 is 1.39 bits per heavy atom. The van der Waals surface area contributed by atoms with Crippen LogP contribution >= 0.6 is 15.9 Å². The fourth-order valence-electron chi connectivity index (χ4n) is 1.54. The number of nitrogens with two attached hydrogens (primary N) is 1. The Morgan fingerprint density at radius 2 is 2.22 bits per heavy atom. The van der Waals surface area contributed by atoms with Gasteiger partial charge in [-0.25, -0.2) is 0 Å². The number of amides is 1. The number of carbonyl (C=O) groups excluding carboxylic acids is 1. The van der Waals surface area contributed by atoms with Crippen LogP contribution in [-0.2, 0) is 11.2 Å². The Morgan fingerprint density at radius 3 is 2.94 bits per heavy atom. The highest BCUT2D eigenvalue weighted by molar-refractivity contribution is 9.10. The van der Waals surface area contributed by atoms with Gasteiger partial charge in [-0.2, -0.15) is 0 Å². The van der Waals surface area contributed by atoms with Crippen LogP contribution in [0.1, 0.15) is 12.2 Å². The molecule has 0 unspecified atom stereocenters. The second kappa shape index (κ2) is 5.73. The number of aryl methyl sites for hydroxylation is 1. The summed E-state index contributed by atoms with van der Waals surface area (Å²) in [5.41, 5.74) is 6.96. The number of nitrogens with one attached hydrogen (secondary N) is 1. The molecule has 18 heavy (non-hydrogen) atoms. The number of rotatable bonds is 4. The molecule has 0 bridgehead atoms. The van der Waals surface area contributed by atoms with Gasteiger partial charge in [0, 0.05) is 23.0 Å². The van der Waals surface area contributed by atoms with Crippen molar-refractivity contribution in [3.05, 3.63) is 46.8 Å². The van der Waals surface area contributed by atoms with Crippen LogP contribution in [0.4, 0.5) is 11.4 Å². The number of hydrogen-bond acceptors (Lipinski definition) is 3. The maximum absolute atomic E-state index is 11.8. The topological polar surface area (TPSA) is 68.3 Å². The van der Waals surface area contributed by atoms with Gasteiger partial charge in [0.15, 0.2) is 0 Å². The zero-order valence-electron chi connectivity index (χ0n) is 9.65. The van der Waals surface area contributed by atoms with E-state index in [-0.39, 0.29) is 5.91 Å². The van der Waals surface area contributed by atoms with E-state index in [1.165, 1.54) is 0 Å². The van der Waals surface area contributed by atoms with Crippen molar-refractivity contribution in [3.8, 4) is 0 Å². The number of anilines is 2. The second-order valence-corrected chi connectivity index (χ2v) is 4.72. The van der Waals surface area contributed by atoms with E-state index in [9.17, 15) is 4.79 Å². The SMILES string of the molecule is Nc1ccc(Br)c(NC(=O)CCc2ccco2)c1. The highest BCUT2D eigenvalue weighted by atomic mass is 79.9. The predicted molar refractivity (Wildman–Crippen MR) is 74.2 cm³/mol. The molecule has 5 heteroatoms. The van der Waals surface area contributed by atoms with Crippen molar-refractivity contribution in [2.75, 3.05) is 11.1 Å². The van der Waals surface area contributed by atoms with Crippen LogP contribution in [0.3, 0.4) is 0 Å². The van der Waals surface area contributed by atoms with Gasteiger partial charge in [-0.1, -0.05) is 0 Å². The van der Waals surface area contributed by atoms with Crippen LogP contribution in [0.25, 0.3) is 0 Å². The third-order valence-corrected chi connectivity index (χ3v) is 3.13. The van der Waals surface area contributed by atoms with Crippen LogP contribution in [-0.4, -0.2) is 5.91 Å². The Labute approximate surface area is 113 Å². The molecule has 1 aromatic carbocycles. The Hall–Kier alpha value is -1.75. The summed E-state index contributed by atoms with van der Waals surface area (Å²) in [5, 5.41) is 2.81. The summed E-state index contributed by atoms with van der Waals surface area (Å²) in [5.74, 6) is 0.731. The summed E-state index contributed by atoms with van der Waals surface area (Å²) in [6.07, 6.45) is 2.55. The number of nitrogen functional groups attached to an aromatic ring is 1. The van der Waals surface area contributed by atoms with Crippen molar-refractivity contribution >= 4 is 33.2 Å². The van der Waals surface area contributed by atoms with Crippen molar-refractivity contribution in [2.24, 2.45) is 0 Å². The largest absolute Gasteiger partial charge is 0.469 e. The summed E-state index contributed by atoms with van der Waals surface area (Å²) >= 11 is 3.36. The molecule has 0 spiro atoms. The molecule has 2 aromatic rings. The molecule has 0 saturated carbocycles. The summed E-state index contributed by atoms with van der Waals surface area (Å²) in [6.45, 7) is 0. The van der Waals surface area contributed by atoms with E-state index in [2.05, 4.69) is 21.2 Å². The summed E-state index contributed by atoms with van der Waals surface area (Å²) in [6, 6.07) is 8.94. The summed E-state index contributed by atoms with van der Waals surface area (Å²) in [4.78, 5) is 11.8. The molecule has 0 saturated heterocycles. The Bertz CT molecular complexity index is 538. The first-order valence-electron chi connectivity index (χ1n) is 5.52. The van der Waals surface area contributed by atoms with Crippen molar-refractivity contribution in [3.63, 3.8) is 0 Å². The maximum atomic E-state index is 11.8. The van der Waals surface area contributed by atoms with E-state index >= 15 is 0 Å². The lowest BCUT2D eigenvalue weighted by Gasteiger charge is -2.07. The molecule has 3 N–H and O–H groups in total. The van der Waals surface area contributed by atoms with E-state index in [0.717, 1.165) is 10.2 Å². The molecule has 0 aliphatic rings. The van der Waals surface area contributed by atoms with Gasteiger partial charge in [-0.15, -0.1) is 0 Å².